The lowest BCUT2D eigenvalue weighted by atomic mass is 9.99. The first-order chi connectivity index (χ1) is 7.81. The van der Waals surface area contributed by atoms with E-state index in [1.807, 2.05) is 30.3 Å². The van der Waals surface area contributed by atoms with Crippen molar-refractivity contribution in [2.24, 2.45) is 0 Å². The van der Waals surface area contributed by atoms with Gasteiger partial charge in [0.2, 0.25) is 0 Å². The van der Waals surface area contributed by atoms with E-state index in [2.05, 4.69) is 5.32 Å². The number of nitrogens with one attached hydrogen (secondary N) is 1. The molecule has 1 aromatic carbocycles. The van der Waals surface area contributed by atoms with E-state index in [0.717, 1.165) is 5.56 Å². The molecule has 0 bridgehead atoms. The third kappa shape index (κ3) is 2.83. The molecule has 0 aliphatic heterocycles. The van der Waals surface area contributed by atoms with Gasteiger partial charge in [-0.3, -0.25) is 4.79 Å². The summed E-state index contributed by atoms with van der Waals surface area (Å²) in [6.07, 6.45) is 2.45. The topological polar surface area (TPSA) is 38.3 Å². The molecule has 0 radical (unpaired) electrons. The maximum absolute atomic E-state index is 11.7. The lowest BCUT2D eigenvalue weighted by Crippen LogP contribution is -2.29. The van der Waals surface area contributed by atoms with Gasteiger partial charge < -0.3 is 10.1 Å². The van der Waals surface area contributed by atoms with Gasteiger partial charge in [0.1, 0.15) is 0 Å². The van der Waals surface area contributed by atoms with Gasteiger partial charge in [-0.2, -0.15) is 0 Å². The molecule has 1 aliphatic carbocycles. The van der Waals surface area contributed by atoms with Crippen LogP contribution in [-0.2, 0) is 9.53 Å². The molecule has 0 spiro atoms. The Kier molecular flexibility index (Phi) is 3.57. The number of carbonyl (C=O) groups is 1. The Balaban J connectivity index is 2.03. The average molecular weight is 219 g/mol. The van der Waals surface area contributed by atoms with Gasteiger partial charge in [0, 0.05) is 12.6 Å². The van der Waals surface area contributed by atoms with Crippen LogP contribution in [0.2, 0.25) is 0 Å². The minimum atomic E-state index is -0.188. The number of methoxy groups -OCH3 is 1. The summed E-state index contributed by atoms with van der Waals surface area (Å²) < 4.78 is 4.84. The molecule has 86 valence electrons. The molecule has 0 saturated heterocycles. The van der Waals surface area contributed by atoms with E-state index in [9.17, 15) is 4.79 Å². The predicted octanol–water partition coefficient (Wildman–Crippen LogP) is 1.70. The van der Waals surface area contributed by atoms with Crippen molar-refractivity contribution >= 4 is 5.97 Å². The molecule has 0 heterocycles. The molecule has 2 rings (SSSR count). The maximum atomic E-state index is 11.7. The van der Waals surface area contributed by atoms with Crippen molar-refractivity contribution in [3.05, 3.63) is 35.9 Å². The Hall–Kier alpha value is -1.35. The highest BCUT2D eigenvalue weighted by atomic mass is 16.5. The highest BCUT2D eigenvalue weighted by molar-refractivity contribution is 5.78. The fraction of sp³-hybridized carbons (Fsp3) is 0.462. The van der Waals surface area contributed by atoms with Crippen LogP contribution in [0.25, 0.3) is 0 Å². The Bertz CT molecular complexity index is 346. The summed E-state index contributed by atoms with van der Waals surface area (Å²) in [4.78, 5) is 11.7. The minimum Gasteiger partial charge on any atom is -0.469 e. The quantitative estimate of drug-likeness (QED) is 0.766. The summed E-state index contributed by atoms with van der Waals surface area (Å²) >= 11 is 0. The van der Waals surface area contributed by atoms with Gasteiger partial charge in [-0.25, -0.2) is 0 Å². The molecule has 3 nitrogen and oxygen atoms in total. The van der Waals surface area contributed by atoms with E-state index >= 15 is 0 Å². The fourth-order valence-electron chi connectivity index (χ4n) is 1.74. The number of ether oxygens (including phenoxy) is 1. The molecule has 0 amide bonds. The predicted molar refractivity (Wildman–Crippen MR) is 62.2 cm³/mol. The maximum Gasteiger partial charge on any atom is 0.314 e. The summed E-state index contributed by atoms with van der Waals surface area (Å²) in [7, 11) is 1.44. The van der Waals surface area contributed by atoms with Gasteiger partial charge in [0.05, 0.1) is 13.0 Å². The fourth-order valence-corrected chi connectivity index (χ4v) is 1.74. The standard InChI is InChI=1S/C13H17NO2/c1-16-13(15)12(9-14-11-7-8-11)10-5-3-2-4-6-10/h2-6,11-12,14H,7-9H2,1H3. The van der Waals surface area contributed by atoms with Gasteiger partial charge >= 0.3 is 5.97 Å². The number of esters is 1. The minimum absolute atomic E-state index is 0.167. The first kappa shape index (κ1) is 11.1. The van der Waals surface area contributed by atoms with Gasteiger partial charge in [-0.1, -0.05) is 30.3 Å². The van der Waals surface area contributed by atoms with Crippen molar-refractivity contribution < 1.29 is 9.53 Å². The first-order valence-corrected chi connectivity index (χ1v) is 5.67. The lowest BCUT2D eigenvalue weighted by Gasteiger charge is -2.15. The van der Waals surface area contributed by atoms with Crippen LogP contribution in [0.3, 0.4) is 0 Å². The number of hydrogen-bond acceptors (Lipinski definition) is 3. The highest BCUT2D eigenvalue weighted by Crippen LogP contribution is 2.22. The molecule has 1 unspecified atom stereocenters. The second kappa shape index (κ2) is 5.12. The Morgan fingerprint density at radius 3 is 2.69 bits per heavy atom. The van der Waals surface area contributed by atoms with Crippen LogP contribution < -0.4 is 5.32 Å². The molecule has 3 heteroatoms. The summed E-state index contributed by atoms with van der Waals surface area (Å²) in [6.45, 7) is 0.668. The van der Waals surface area contributed by atoms with E-state index in [4.69, 9.17) is 4.74 Å². The van der Waals surface area contributed by atoms with Crippen LogP contribution in [0.5, 0.6) is 0 Å². The largest absolute Gasteiger partial charge is 0.469 e. The van der Waals surface area contributed by atoms with E-state index < -0.39 is 0 Å². The Labute approximate surface area is 95.8 Å². The number of benzene rings is 1. The van der Waals surface area contributed by atoms with Crippen LogP contribution in [0.15, 0.2) is 30.3 Å². The van der Waals surface area contributed by atoms with Crippen LogP contribution in [0, 0.1) is 0 Å². The molecule has 1 fully saturated rings. The monoisotopic (exact) mass is 219 g/mol. The smallest absolute Gasteiger partial charge is 0.314 e. The Morgan fingerprint density at radius 2 is 2.12 bits per heavy atom. The second-order valence-corrected chi connectivity index (χ2v) is 4.17. The molecular weight excluding hydrogens is 202 g/mol. The average Bonchev–Trinajstić information content (AvgIpc) is 3.14. The third-order valence-electron chi connectivity index (χ3n) is 2.88. The highest BCUT2D eigenvalue weighted by Gasteiger charge is 2.26. The summed E-state index contributed by atoms with van der Waals surface area (Å²) in [6, 6.07) is 10.4. The van der Waals surface area contributed by atoms with Crippen molar-refractivity contribution in [3.8, 4) is 0 Å². The van der Waals surface area contributed by atoms with Crippen molar-refractivity contribution in [1.82, 2.24) is 5.32 Å². The van der Waals surface area contributed by atoms with Crippen LogP contribution in [-0.4, -0.2) is 25.7 Å². The summed E-state index contributed by atoms with van der Waals surface area (Å²) in [5, 5.41) is 3.37. The number of carbonyl (C=O) groups excluding carboxylic acids is 1. The van der Waals surface area contributed by atoms with Crippen LogP contribution in [0.4, 0.5) is 0 Å². The molecular formula is C13H17NO2. The van der Waals surface area contributed by atoms with E-state index in [-0.39, 0.29) is 11.9 Å². The van der Waals surface area contributed by atoms with Crippen molar-refractivity contribution in [2.45, 2.75) is 24.8 Å². The molecule has 1 saturated carbocycles. The third-order valence-corrected chi connectivity index (χ3v) is 2.88. The van der Waals surface area contributed by atoms with Gasteiger partial charge in [-0.15, -0.1) is 0 Å². The molecule has 16 heavy (non-hydrogen) atoms. The van der Waals surface area contributed by atoms with Crippen molar-refractivity contribution in [3.63, 3.8) is 0 Å². The number of hydrogen-bond donors (Lipinski definition) is 1. The van der Waals surface area contributed by atoms with Crippen LogP contribution >= 0.6 is 0 Å². The van der Waals surface area contributed by atoms with Gasteiger partial charge in [0.15, 0.2) is 0 Å². The van der Waals surface area contributed by atoms with Crippen LogP contribution in [0.1, 0.15) is 24.3 Å². The zero-order chi connectivity index (χ0) is 11.4. The van der Waals surface area contributed by atoms with E-state index in [1.165, 1.54) is 20.0 Å². The first-order valence-electron chi connectivity index (χ1n) is 5.67. The second-order valence-electron chi connectivity index (χ2n) is 4.17. The molecule has 1 aromatic rings. The lowest BCUT2D eigenvalue weighted by molar-refractivity contribution is -0.142. The van der Waals surface area contributed by atoms with Gasteiger partial charge in [0.25, 0.3) is 0 Å². The molecule has 1 atom stereocenters. The SMILES string of the molecule is COC(=O)C(CNC1CC1)c1ccccc1. The number of rotatable bonds is 5. The zero-order valence-corrected chi connectivity index (χ0v) is 9.48. The molecule has 1 N–H and O–H groups in total. The van der Waals surface area contributed by atoms with E-state index in [0.29, 0.717) is 12.6 Å². The molecule has 1 aliphatic rings. The summed E-state index contributed by atoms with van der Waals surface area (Å²) in [5.41, 5.74) is 1.02. The van der Waals surface area contributed by atoms with Gasteiger partial charge in [-0.05, 0) is 18.4 Å². The van der Waals surface area contributed by atoms with Crippen molar-refractivity contribution in [2.75, 3.05) is 13.7 Å². The zero-order valence-electron chi connectivity index (χ0n) is 9.48. The van der Waals surface area contributed by atoms with E-state index in [1.54, 1.807) is 0 Å². The normalized spacial score (nSPS) is 16.8. The molecule has 0 aromatic heterocycles. The Morgan fingerprint density at radius 1 is 1.44 bits per heavy atom. The van der Waals surface area contributed by atoms with Crippen molar-refractivity contribution in [1.29, 1.82) is 0 Å². The summed E-state index contributed by atoms with van der Waals surface area (Å²) in [5.74, 6) is -0.355.